The van der Waals surface area contributed by atoms with Crippen LogP contribution >= 0.6 is 11.3 Å². The Balaban J connectivity index is 1.54. The average Bonchev–Trinajstić information content (AvgIpc) is 3.30. The number of nitrogens with zero attached hydrogens (tertiary/aromatic N) is 4. The van der Waals surface area contributed by atoms with E-state index in [0.29, 0.717) is 29.1 Å². The van der Waals surface area contributed by atoms with Crippen LogP contribution in [0.3, 0.4) is 0 Å². The second-order valence-corrected chi connectivity index (χ2v) is 9.91. The van der Waals surface area contributed by atoms with Crippen LogP contribution in [0, 0.1) is 5.41 Å². The van der Waals surface area contributed by atoms with Gasteiger partial charge in [0.15, 0.2) is 0 Å². The number of hydrogen-bond donors (Lipinski definition) is 1. The molecule has 2 N–H and O–H groups in total. The lowest BCUT2D eigenvalue weighted by molar-refractivity contribution is -0.135. The number of rotatable bonds is 3. The van der Waals surface area contributed by atoms with Crippen LogP contribution in [-0.4, -0.2) is 58.7 Å². The van der Waals surface area contributed by atoms with Crippen molar-refractivity contribution < 1.29 is 18.0 Å². The van der Waals surface area contributed by atoms with Crippen LogP contribution in [-0.2, 0) is 11.2 Å². The average molecular weight is 427 g/mol. The van der Waals surface area contributed by atoms with Crippen LogP contribution in [0.1, 0.15) is 31.6 Å². The summed E-state index contributed by atoms with van der Waals surface area (Å²) in [6.07, 6.45) is -1.99. The zero-order chi connectivity index (χ0) is 21.0. The molecule has 158 valence electrons. The number of fused-ring (bicyclic) bond motifs is 1. The van der Waals surface area contributed by atoms with Gasteiger partial charge < -0.3 is 15.5 Å². The van der Waals surface area contributed by atoms with Crippen molar-refractivity contribution in [1.82, 2.24) is 14.9 Å². The molecule has 2 saturated heterocycles. The molecule has 2 fully saturated rings. The third-order valence-electron chi connectivity index (χ3n) is 5.75. The van der Waals surface area contributed by atoms with Crippen molar-refractivity contribution in [2.24, 2.45) is 11.1 Å². The van der Waals surface area contributed by atoms with E-state index in [4.69, 9.17) is 5.73 Å². The molecule has 2 aromatic rings. The molecule has 1 spiro atoms. The van der Waals surface area contributed by atoms with Crippen LogP contribution in [0.5, 0.6) is 0 Å². The van der Waals surface area contributed by atoms with E-state index in [1.165, 1.54) is 6.33 Å². The topological polar surface area (TPSA) is 75.4 Å². The fourth-order valence-electron chi connectivity index (χ4n) is 4.39. The number of carbonyl (C=O) groups excluding carboxylic acids is 1. The fraction of sp³-hybridized carbons (Fsp3) is 0.632. The van der Waals surface area contributed by atoms with Crippen LogP contribution < -0.4 is 10.6 Å². The summed E-state index contributed by atoms with van der Waals surface area (Å²) in [7, 11) is 0. The van der Waals surface area contributed by atoms with Gasteiger partial charge in [-0.15, -0.1) is 11.3 Å². The van der Waals surface area contributed by atoms with Gasteiger partial charge >= 0.3 is 6.18 Å². The molecule has 2 aliphatic rings. The van der Waals surface area contributed by atoms with E-state index in [1.54, 1.807) is 19.9 Å². The minimum absolute atomic E-state index is 0.0248. The molecule has 1 unspecified atom stereocenters. The lowest BCUT2D eigenvalue weighted by Gasteiger charge is -2.28. The molecule has 10 heteroatoms. The summed E-state index contributed by atoms with van der Waals surface area (Å²) in [5, 5.41) is 0.669. The summed E-state index contributed by atoms with van der Waals surface area (Å²) in [5.41, 5.74) is 5.06. The highest BCUT2D eigenvalue weighted by molar-refractivity contribution is 7.18. The lowest BCUT2D eigenvalue weighted by atomic mass is 9.86. The van der Waals surface area contributed by atoms with E-state index < -0.39 is 18.1 Å². The van der Waals surface area contributed by atoms with E-state index in [2.05, 4.69) is 14.9 Å². The highest BCUT2D eigenvalue weighted by Gasteiger charge is 2.46. The van der Waals surface area contributed by atoms with Gasteiger partial charge in [0.05, 0.1) is 17.3 Å². The van der Waals surface area contributed by atoms with Gasteiger partial charge in [-0.3, -0.25) is 4.79 Å². The smallest absolute Gasteiger partial charge is 0.355 e. The van der Waals surface area contributed by atoms with Gasteiger partial charge in [-0.1, -0.05) is 0 Å². The molecule has 0 bridgehead atoms. The van der Waals surface area contributed by atoms with Crippen LogP contribution in [0.4, 0.5) is 19.0 Å². The molecule has 1 amide bonds. The molecular weight excluding hydrogens is 403 g/mol. The van der Waals surface area contributed by atoms with Gasteiger partial charge in [-0.25, -0.2) is 9.97 Å². The van der Waals surface area contributed by atoms with E-state index in [-0.39, 0.29) is 16.2 Å². The fourth-order valence-corrected chi connectivity index (χ4v) is 5.42. The zero-order valence-electron chi connectivity index (χ0n) is 16.4. The summed E-state index contributed by atoms with van der Waals surface area (Å²) in [5.74, 6) is 0.632. The molecule has 0 aromatic carbocycles. The Morgan fingerprint density at radius 3 is 2.66 bits per heavy atom. The second-order valence-electron chi connectivity index (χ2n) is 8.79. The number of likely N-dealkylation sites (tertiary alicyclic amines) is 1. The van der Waals surface area contributed by atoms with Gasteiger partial charge in [0.1, 0.15) is 17.0 Å². The first kappa shape index (κ1) is 20.3. The summed E-state index contributed by atoms with van der Waals surface area (Å²) in [4.78, 5) is 25.8. The first-order chi connectivity index (χ1) is 13.5. The maximum absolute atomic E-state index is 12.8. The lowest BCUT2D eigenvalue weighted by Crippen LogP contribution is -2.50. The van der Waals surface area contributed by atoms with Crippen molar-refractivity contribution in [2.75, 3.05) is 31.1 Å². The summed E-state index contributed by atoms with van der Waals surface area (Å²) in [6, 6.07) is 1.56. The van der Waals surface area contributed by atoms with Gasteiger partial charge in [0, 0.05) is 36.5 Å². The monoisotopic (exact) mass is 427 g/mol. The van der Waals surface area contributed by atoms with Crippen molar-refractivity contribution in [1.29, 1.82) is 0 Å². The number of anilines is 1. The molecule has 4 rings (SSSR count). The van der Waals surface area contributed by atoms with Crippen LogP contribution in [0.25, 0.3) is 10.2 Å². The third kappa shape index (κ3) is 4.05. The maximum atomic E-state index is 12.8. The number of nitrogens with two attached hydrogens (primary N) is 1. The standard InChI is InChI=1S/C19H24F3N5OS/c1-17(2,23)16(28)27-6-4-18(10-27)3-5-26(9-18)14-13-7-12(8-19(20,21)22)29-15(13)25-11-24-14/h7,11H,3-6,8-10,23H2,1-2H3. The Labute approximate surface area is 170 Å². The normalized spacial score (nSPS) is 23.0. The predicted molar refractivity (Wildman–Crippen MR) is 106 cm³/mol. The van der Waals surface area contributed by atoms with Crippen LogP contribution in [0.2, 0.25) is 0 Å². The van der Waals surface area contributed by atoms with E-state index in [9.17, 15) is 18.0 Å². The van der Waals surface area contributed by atoms with Gasteiger partial charge in [-0.2, -0.15) is 13.2 Å². The van der Waals surface area contributed by atoms with Gasteiger partial charge in [-0.05, 0) is 32.8 Å². The molecule has 6 nitrogen and oxygen atoms in total. The van der Waals surface area contributed by atoms with Crippen molar-refractivity contribution in [3.05, 3.63) is 17.3 Å². The summed E-state index contributed by atoms with van der Waals surface area (Å²) < 4.78 is 38.3. The minimum atomic E-state index is -4.25. The number of thiophene rings is 1. The molecular formula is C19H24F3N5OS. The van der Waals surface area contributed by atoms with E-state index in [1.807, 2.05) is 4.90 Å². The Hall–Kier alpha value is -1.94. The Kier molecular flexibility index (Phi) is 4.77. The molecule has 2 aliphatic heterocycles. The highest BCUT2D eigenvalue weighted by atomic mass is 32.1. The number of hydrogen-bond acceptors (Lipinski definition) is 6. The minimum Gasteiger partial charge on any atom is -0.355 e. The quantitative estimate of drug-likeness (QED) is 0.815. The van der Waals surface area contributed by atoms with Crippen molar-refractivity contribution in [2.45, 2.75) is 44.8 Å². The molecule has 0 aliphatic carbocycles. The van der Waals surface area contributed by atoms with Crippen molar-refractivity contribution in [3.8, 4) is 0 Å². The van der Waals surface area contributed by atoms with Crippen molar-refractivity contribution in [3.63, 3.8) is 0 Å². The van der Waals surface area contributed by atoms with E-state index in [0.717, 1.165) is 37.3 Å². The summed E-state index contributed by atoms with van der Waals surface area (Å²) >= 11 is 1.06. The predicted octanol–water partition coefficient (Wildman–Crippen LogP) is 2.96. The first-order valence-corrected chi connectivity index (χ1v) is 10.4. The van der Waals surface area contributed by atoms with Gasteiger partial charge in [0.25, 0.3) is 0 Å². The number of carbonyl (C=O) groups is 1. The molecule has 0 radical (unpaired) electrons. The Morgan fingerprint density at radius 1 is 1.24 bits per heavy atom. The highest BCUT2D eigenvalue weighted by Crippen LogP contribution is 2.43. The number of halogens is 3. The molecule has 2 aromatic heterocycles. The molecule has 1 atom stereocenters. The van der Waals surface area contributed by atoms with Gasteiger partial charge in [0.2, 0.25) is 5.91 Å². The third-order valence-corrected chi connectivity index (χ3v) is 6.79. The molecule has 29 heavy (non-hydrogen) atoms. The van der Waals surface area contributed by atoms with Crippen molar-refractivity contribution >= 4 is 33.3 Å². The second kappa shape index (κ2) is 6.80. The Bertz CT molecular complexity index is 938. The number of amides is 1. The van der Waals surface area contributed by atoms with E-state index >= 15 is 0 Å². The van der Waals surface area contributed by atoms with Crippen LogP contribution in [0.15, 0.2) is 12.4 Å². The summed E-state index contributed by atoms with van der Waals surface area (Å²) in [6.45, 7) is 6.24. The first-order valence-electron chi connectivity index (χ1n) is 9.59. The zero-order valence-corrected chi connectivity index (χ0v) is 17.2. The maximum Gasteiger partial charge on any atom is 0.393 e. The molecule has 0 saturated carbocycles. The molecule has 4 heterocycles. The SMILES string of the molecule is CC(C)(N)C(=O)N1CCC2(CCN(c3ncnc4sc(CC(F)(F)F)cc34)C2)C1. The Morgan fingerprint density at radius 2 is 1.97 bits per heavy atom. The number of alkyl halides is 3. The number of aromatic nitrogens is 2. The largest absolute Gasteiger partial charge is 0.393 e.